The van der Waals surface area contributed by atoms with Crippen molar-refractivity contribution in [2.24, 2.45) is 11.8 Å². The Labute approximate surface area is 367 Å². The average Bonchev–Trinajstić information content (AvgIpc) is 4.01. The third kappa shape index (κ3) is 14.9. The van der Waals surface area contributed by atoms with Crippen LogP contribution >= 0.6 is 0 Å². The lowest BCUT2D eigenvalue weighted by molar-refractivity contribution is -0.276. The van der Waals surface area contributed by atoms with Crippen LogP contribution in [0.5, 0.6) is 0 Å². The number of hydrogen-bond donors (Lipinski definition) is 0. The fourth-order valence-corrected chi connectivity index (χ4v) is 8.95. The van der Waals surface area contributed by atoms with E-state index in [9.17, 15) is 14.4 Å². The number of hydrogen-bond acceptors (Lipinski definition) is 13. The molecule has 0 N–H and O–H groups in total. The second kappa shape index (κ2) is 19.1. The SMILES string of the molecule is CC(C)(C)OC(=O)CN(N([C@@H](CC1CCCCC1)C(=O)OC(C)(C)C)C1(C(=O)OC(C)(C)C)CC1)N([C@@H](CC1CCCCC1)C(=O)OC(C)(C)C)C1(C(=O)OC(C)(C)C)CC1. The minimum absolute atomic E-state index is 0.102. The summed E-state index contributed by atoms with van der Waals surface area (Å²) in [7, 11) is 0. The zero-order chi connectivity index (χ0) is 46.0. The summed E-state index contributed by atoms with van der Waals surface area (Å²) in [5.41, 5.74) is -7.43. The van der Waals surface area contributed by atoms with E-state index in [1.165, 1.54) is 0 Å². The van der Waals surface area contributed by atoms with Gasteiger partial charge in [-0.05, 0) is 154 Å². The highest BCUT2D eigenvalue weighted by Gasteiger charge is 2.68. The summed E-state index contributed by atoms with van der Waals surface area (Å²) in [5, 5.41) is 4.99. The van der Waals surface area contributed by atoms with Gasteiger partial charge in [0.25, 0.3) is 0 Å². The fraction of sp³-hybridized carbons (Fsp3) is 0.896. The maximum absolute atomic E-state index is 15.1. The van der Waals surface area contributed by atoms with Crippen LogP contribution in [-0.2, 0) is 47.7 Å². The summed E-state index contributed by atoms with van der Waals surface area (Å²) in [5.74, 6) is -2.71. The van der Waals surface area contributed by atoms with Crippen LogP contribution in [0, 0.1) is 11.8 Å². The van der Waals surface area contributed by atoms with Crippen molar-refractivity contribution in [2.75, 3.05) is 6.54 Å². The molecule has 4 aliphatic carbocycles. The van der Waals surface area contributed by atoms with Crippen molar-refractivity contribution in [3.05, 3.63) is 0 Å². The number of carbonyl (C=O) groups excluding carboxylic acids is 5. The molecule has 4 rings (SSSR count). The van der Waals surface area contributed by atoms with Crippen LogP contribution in [0.3, 0.4) is 0 Å². The topological polar surface area (TPSA) is 141 Å². The van der Waals surface area contributed by atoms with E-state index in [0.717, 1.165) is 64.2 Å². The average molecular weight is 862 g/mol. The molecule has 13 nitrogen and oxygen atoms in total. The number of nitrogens with zero attached hydrogens (tertiary/aromatic N) is 3. The lowest BCUT2D eigenvalue weighted by Gasteiger charge is -2.52. The monoisotopic (exact) mass is 862 g/mol. The summed E-state index contributed by atoms with van der Waals surface area (Å²) in [4.78, 5) is 74.8. The third-order valence-corrected chi connectivity index (χ3v) is 11.6. The lowest BCUT2D eigenvalue weighted by Crippen LogP contribution is -2.73. The molecule has 0 radical (unpaired) electrons. The quantitative estimate of drug-likeness (QED) is 0.0828. The van der Waals surface area contributed by atoms with Gasteiger partial charge in [-0.15, -0.1) is 0 Å². The van der Waals surface area contributed by atoms with Gasteiger partial charge in [0.2, 0.25) is 0 Å². The van der Waals surface area contributed by atoms with Crippen molar-refractivity contribution in [1.29, 1.82) is 0 Å². The number of carbonyl (C=O) groups is 5. The van der Waals surface area contributed by atoms with Crippen LogP contribution in [0.25, 0.3) is 0 Å². The Hall–Kier alpha value is -2.77. The minimum Gasteiger partial charge on any atom is -0.459 e. The zero-order valence-electron chi connectivity index (χ0n) is 40.8. The normalized spacial score (nSPS) is 21.1. The number of esters is 5. The van der Waals surface area contributed by atoms with Crippen LogP contribution in [0.2, 0.25) is 0 Å². The third-order valence-electron chi connectivity index (χ3n) is 11.6. The molecule has 350 valence electrons. The second-order valence-electron chi connectivity index (χ2n) is 23.5. The summed E-state index contributed by atoms with van der Waals surface area (Å²) >= 11 is 0. The first-order valence-electron chi connectivity index (χ1n) is 23.4. The molecule has 0 aromatic heterocycles. The molecule has 0 heterocycles. The largest absolute Gasteiger partial charge is 0.459 e. The summed E-state index contributed by atoms with van der Waals surface area (Å²) in [6.07, 6.45) is 11.5. The second-order valence-corrected chi connectivity index (χ2v) is 23.5. The van der Waals surface area contributed by atoms with Crippen molar-refractivity contribution in [1.82, 2.24) is 15.1 Å². The molecule has 0 spiro atoms. The fourth-order valence-electron chi connectivity index (χ4n) is 8.95. The predicted octanol–water partition coefficient (Wildman–Crippen LogP) is 9.17. The predicted molar refractivity (Wildman–Crippen MR) is 233 cm³/mol. The van der Waals surface area contributed by atoms with E-state index < -0.39 is 87.6 Å². The van der Waals surface area contributed by atoms with Gasteiger partial charge in [0, 0.05) is 0 Å². The van der Waals surface area contributed by atoms with Crippen molar-refractivity contribution in [2.45, 2.75) is 258 Å². The summed E-state index contributed by atoms with van der Waals surface area (Å²) < 4.78 is 31.0. The van der Waals surface area contributed by atoms with E-state index in [4.69, 9.17) is 23.7 Å². The van der Waals surface area contributed by atoms with Gasteiger partial charge in [-0.3, -0.25) is 14.4 Å². The lowest BCUT2D eigenvalue weighted by atomic mass is 9.84. The maximum Gasteiger partial charge on any atom is 0.328 e. The van der Waals surface area contributed by atoms with Crippen LogP contribution < -0.4 is 0 Å². The highest BCUT2D eigenvalue weighted by atomic mass is 16.6. The van der Waals surface area contributed by atoms with E-state index in [2.05, 4.69) is 0 Å². The zero-order valence-corrected chi connectivity index (χ0v) is 40.8. The van der Waals surface area contributed by atoms with Crippen LogP contribution in [0.15, 0.2) is 0 Å². The van der Waals surface area contributed by atoms with Crippen molar-refractivity contribution in [3.63, 3.8) is 0 Å². The Morgan fingerprint density at radius 1 is 0.459 bits per heavy atom. The number of hydrazine groups is 2. The van der Waals surface area contributed by atoms with Gasteiger partial charge in [0.1, 0.15) is 57.7 Å². The standard InChI is InChI=1S/C48H83N3O10/c1-42(2,3)57-37(52)32-49(50(47(26-27-47)40(55)60-45(10,11)12)35(38(53)58-43(4,5)6)30-33-22-18-16-19-23-33)51(48(28-29-48)41(56)61-46(13,14)15)36(39(54)59-44(7,8)9)31-34-24-20-17-21-25-34/h33-36H,16-32H2,1-15H3/t35-,36-/m0/s1. The molecular weight excluding hydrogens is 779 g/mol. The highest BCUT2D eigenvalue weighted by molar-refractivity contribution is 5.88. The van der Waals surface area contributed by atoms with Gasteiger partial charge in [0.15, 0.2) is 0 Å². The Balaban J connectivity index is 2.13. The van der Waals surface area contributed by atoms with Gasteiger partial charge in [-0.1, -0.05) is 64.2 Å². The van der Waals surface area contributed by atoms with Gasteiger partial charge in [-0.2, -0.15) is 15.1 Å². The summed E-state index contributed by atoms with van der Waals surface area (Å²) in [6, 6.07) is -2.24. The smallest absolute Gasteiger partial charge is 0.328 e. The highest BCUT2D eigenvalue weighted by Crippen LogP contribution is 2.53. The Kier molecular flexibility index (Phi) is 16.0. The summed E-state index contributed by atoms with van der Waals surface area (Å²) in [6.45, 7) is 26.4. The van der Waals surface area contributed by atoms with E-state index in [1.807, 2.05) is 41.5 Å². The molecule has 13 heteroatoms. The van der Waals surface area contributed by atoms with Gasteiger partial charge in [0.05, 0.1) is 0 Å². The number of rotatable bonds is 16. The molecule has 0 aromatic rings. The van der Waals surface area contributed by atoms with E-state index in [-0.39, 0.29) is 11.8 Å². The molecule has 0 aromatic carbocycles. The molecule has 0 bridgehead atoms. The molecule has 2 atom stereocenters. The first-order valence-corrected chi connectivity index (χ1v) is 23.4. The van der Waals surface area contributed by atoms with Crippen molar-refractivity contribution < 1.29 is 47.7 Å². The van der Waals surface area contributed by atoms with Gasteiger partial charge < -0.3 is 23.7 Å². The van der Waals surface area contributed by atoms with E-state index >= 15 is 9.59 Å². The molecule has 61 heavy (non-hydrogen) atoms. The molecule has 0 saturated heterocycles. The van der Waals surface area contributed by atoms with Gasteiger partial charge in [-0.25, -0.2) is 9.59 Å². The molecule has 0 amide bonds. The molecule has 4 aliphatic rings. The molecule has 0 aliphatic heterocycles. The first kappa shape index (κ1) is 50.9. The van der Waals surface area contributed by atoms with Crippen LogP contribution in [-0.4, -0.2) is 103 Å². The Morgan fingerprint density at radius 3 is 1.02 bits per heavy atom. The Bertz CT molecular complexity index is 1440. The van der Waals surface area contributed by atoms with Crippen molar-refractivity contribution in [3.8, 4) is 0 Å². The van der Waals surface area contributed by atoms with Crippen LogP contribution in [0.4, 0.5) is 0 Å². The van der Waals surface area contributed by atoms with Crippen LogP contribution in [0.1, 0.15) is 207 Å². The molecule has 4 fully saturated rings. The number of ether oxygens (including phenoxy) is 5. The van der Waals surface area contributed by atoms with Crippen molar-refractivity contribution >= 4 is 29.8 Å². The van der Waals surface area contributed by atoms with Gasteiger partial charge >= 0.3 is 29.8 Å². The minimum atomic E-state index is -1.46. The maximum atomic E-state index is 15.1. The first-order chi connectivity index (χ1) is 27.8. The molecule has 4 saturated carbocycles. The molecular formula is C48H83N3O10. The van der Waals surface area contributed by atoms with E-state index in [0.29, 0.717) is 38.5 Å². The Morgan fingerprint density at radius 2 is 0.754 bits per heavy atom. The van der Waals surface area contributed by atoms with E-state index in [1.54, 1.807) is 77.4 Å². The molecule has 0 unspecified atom stereocenters.